The van der Waals surface area contributed by atoms with Crippen LogP contribution in [0.25, 0.3) is 11.2 Å². The monoisotopic (exact) mass is 521 g/mol. The van der Waals surface area contributed by atoms with Crippen molar-refractivity contribution in [1.29, 1.82) is 0 Å². The normalized spacial score (nSPS) is 11.7. The summed E-state index contributed by atoms with van der Waals surface area (Å²) in [5.41, 5.74) is -0.492. The molecule has 0 bridgehead atoms. The number of aromatic nitrogens is 5. The molecule has 0 radical (unpaired) electrons. The summed E-state index contributed by atoms with van der Waals surface area (Å²) < 4.78 is 40.8. The molecule has 3 heterocycles. The number of aliphatic hydroxyl groups is 1. The summed E-state index contributed by atoms with van der Waals surface area (Å²) in [6.07, 6.45) is -0.199. The minimum Gasteiger partial charge on any atom is -0.433 e. The number of ether oxygens (including phenoxy) is 2. The lowest BCUT2D eigenvalue weighted by molar-refractivity contribution is -0.159. The highest BCUT2D eigenvalue weighted by Gasteiger charge is 2.24. The molecule has 0 unspecified atom stereocenters. The van der Waals surface area contributed by atoms with E-state index in [2.05, 4.69) is 14.7 Å². The van der Waals surface area contributed by atoms with Crippen molar-refractivity contribution in [3.05, 3.63) is 74.1 Å². The minimum absolute atomic E-state index is 0.00263. The number of aryl methyl sites for hydroxylation is 1. The van der Waals surface area contributed by atoms with Crippen LogP contribution in [0.5, 0.6) is 17.5 Å². The van der Waals surface area contributed by atoms with Gasteiger partial charge >= 0.3 is 17.8 Å². The van der Waals surface area contributed by atoms with Crippen LogP contribution in [-0.4, -0.2) is 41.5 Å². The predicted molar refractivity (Wildman–Crippen MR) is 127 cm³/mol. The van der Waals surface area contributed by atoms with E-state index < -0.39 is 17.4 Å². The summed E-state index contributed by atoms with van der Waals surface area (Å²) in [5.74, 6) is -0.0245. The van der Waals surface area contributed by atoms with E-state index in [1.165, 1.54) is 46.6 Å². The highest BCUT2D eigenvalue weighted by Crippen LogP contribution is 2.29. The Labute approximate surface area is 207 Å². The number of rotatable bonds is 9. The molecule has 0 saturated heterocycles. The Bertz CT molecular complexity index is 1530. The van der Waals surface area contributed by atoms with Crippen molar-refractivity contribution in [3.63, 3.8) is 0 Å². The molecule has 0 aliphatic heterocycles. The maximum absolute atomic E-state index is 13.4. The molecule has 0 fully saturated rings. The summed E-state index contributed by atoms with van der Waals surface area (Å²) in [4.78, 5) is 34.6. The molecule has 10 nitrogen and oxygen atoms in total. The molecular formula is C23H22ClF2N5O5. The van der Waals surface area contributed by atoms with Crippen molar-refractivity contribution >= 4 is 22.8 Å². The fourth-order valence-corrected chi connectivity index (χ4v) is 3.84. The van der Waals surface area contributed by atoms with Crippen LogP contribution in [0, 0.1) is 0 Å². The fraction of sp³-hybridized carbons (Fsp3) is 0.304. The van der Waals surface area contributed by atoms with E-state index in [0.29, 0.717) is 17.5 Å². The number of aliphatic hydroxyl groups excluding tert-OH is 1. The quantitative estimate of drug-likeness (QED) is 0.360. The second-order valence-electron chi connectivity index (χ2n) is 8.03. The molecule has 4 rings (SSSR count). The number of imidazole rings is 1. The van der Waals surface area contributed by atoms with Gasteiger partial charge < -0.3 is 14.6 Å². The lowest BCUT2D eigenvalue weighted by Crippen LogP contribution is -2.39. The van der Waals surface area contributed by atoms with E-state index >= 15 is 0 Å². The van der Waals surface area contributed by atoms with Crippen LogP contribution in [0.4, 0.5) is 8.78 Å². The molecule has 0 atom stereocenters. The molecule has 0 aliphatic carbocycles. The Balaban J connectivity index is 1.88. The number of halogens is 3. The van der Waals surface area contributed by atoms with Gasteiger partial charge in [-0.1, -0.05) is 17.7 Å². The van der Waals surface area contributed by atoms with Crippen LogP contribution in [0.2, 0.25) is 5.02 Å². The van der Waals surface area contributed by atoms with Crippen molar-refractivity contribution in [2.75, 3.05) is 6.61 Å². The number of fused-ring (bicyclic) bond motifs is 1. The number of hydrogen-bond donors (Lipinski definition) is 1. The van der Waals surface area contributed by atoms with E-state index in [4.69, 9.17) is 16.3 Å². The lowest BCUT2D eigenvalue weighted by Gasteiger charge is -2.14. The molecule has 36 heavy (non-hydrogen) atoms. The SMILES string of the molecule is Cn1c(=O)n(CCCO)c(=O)c2c1nc(Oc1cccc(OC(C)(F)F)c1)n2Cc1cncc(Cl)c1. The molecule has 1 aromatic carbocycles. The lowest BCUT2D eigenvalue weighted by atomic mass is 10.3. The van der Waals surface area contributed by atoms with Gasteiger partial charge in [0, 0.05) is 45.6 Å². The van der Waals surface area contributed by atoms with Crippen molar-refractivity contribution < 1.29 is 23.4 Å². The first-order valence-electron chi connectivity index (χ1n) is 10.8. The topological polar surface area (TPSA) is 113 Å². The van der Waals surface area contributed by atoms with Gasteiger partial charge in [-0.15, -0.1) is 0 Å². The van der Waals surface area contributed by atoms with Gasteiger partial charge in [-0.25, -0.2) is 4.79 Å². The summed E-state index contributed by atoms with van der Waals surface area (Å²) in [6, 6.07) is 7.13. The van der Waals surface area contributed by atoms with Crippen molar-refractivity contribution in [3.8, 4) is 17.5 Å². The molecule has 13 heteroatoms. The molecule has 0 aliphatic rings. The summed E-state index contributed by atoms with van der Waals surface area (Å²) in [5, 5.41) is 9.56. The van der Waals surface area contributed by atoms with Crippen LogP contribution in [-0.2, 0) is 20.1 Å². The highest BCUT2D eigenvalue weighted by molar-refractivity contribution is 6.30. The molecule has 0 saturated carbocycles. The van der Waals surface area contributed by atoms with Gasteiger partial charge in [0.05, 0.1) is 11.6 Å². The predicted octanol–water partition coefficient (Wildman–Crippen LogP) is 3.16. The second-order valence-corrected chi connectivity index (χ2v) is 8.46. The fourth-order valence-electron chi connectivity index (χ4n) is 3.64. The van der Waals surface area contributed by atoms with E-state index in [0.717, 1.165) is 4.57 Å². The van der Waals surface area contributed by atoms with Gasteiger partial charge in [0.1, 0.15) is 11.5 Å². The van der Waals surface area contributed by atoms with Gasteiger partial charge in [-0.05, 0) is 30.2 Å². The third kappa shape index (κ3) is 5.39. The molecule has 3 aromatic heterocycles. The first-order chi connectivity index (χ1) is 17.1. The molecule has 0 spiro atoms. The van der Waals surface area contributed by atoms with Crippen LogP contribution in [0.1, 0.15) is 18.9 Å². The zero-order valence-corrected chi connectivity index (χ0v) is 20.1. The van der Waals surface area contributed by atoms with E-state index in [1.807, 2.05) is 0 Å². The number of nitrogens with zero attached hydrogens (tertiary/aromatic N) is 5. The maximum atomic E-state index is 13.4. The maximum Gasteiger partial charge on any atom is 0.394 e. The average Bonchev–Trinajstić information content (AvgIpc) is 3.15. The second kappa shape index (κ2) is 10.1. The van der Waals surface area contributed by atoms with Crippen LogP contribution in [0.3, 0.4) is 0 Å². The zero-order valence-electron chi connectivity index (χ0n) is 19.3. The Hall–Kier alpha value is -3.77. The largest absolute Gasteiger partial charge is 0.433 e. The zero-order chi connectivity index (χ0) is 26.0. The highest BCUT2D eigenvalue weighted by atomic mass is 35.5. The van der Waals surface area contributed by atoms with Gasteiger partial charge in [-0.2, -0.15) is 13.8 Å². The summed E-state index contributed by atoms with van der Waals surface area (Å²) >= 11 is 6.07. The van der Waals surface area contributed by atoms with E-state index in [1.54, 1.807) is 12.3 Å². The van der Waals surface area contributed by atoms with Crippen molar-refractivity contribution in [2.45, 2.75) is 32.5 Å². The number of alkyl halides is 2. The van der Waals surface area contributed by atoms with Crippen molar-refractivity contribution in [1.82, 2.24) is 23.7 Å². The van der Waals surface area contributed by atoms with Gasteiger partial charge in [0.25, 0.3) is 5.56 Å². The Morgan fingerprint density at radius 3 is 2.58 bits per heavy atom. The molecule has 4 aromatic rings. The smallest absolute Gasteiger partial charge is 0.394 e. The standard InChI is InChI=1S/C23H22ClF2N5O5/c1-23(25,26)36-17-6-3-5-16(10-17)35-21-28-19-18(31(21)13-14-9-15(24)12-27-11-14)20(33)30(7-4-8-32)22(34)29(19)2/h3,5-6,9-12,32H,4,7-8,13H2,1-2H3. The van der Waals surface area contributed by atoms with E-state index in [-0.39, 0.29) is 54.8 Å². The van der Waals surface area contributed by atoms with E-state index in [9.17, 15) is 23.5 Å². The summed E-state index contributed by atoms with van der Waals surface area (Å²) in [7, 11) is 1.46. The Morgan fingerprint density at radius 1 is 1.14 bits per heavy atom. The number of hydrogen-bond acceptors (Lipinski definition) is 7. The van der Waals surface area contributed by atoms with Crippen molar-refractivity contribution in [2.24, 2.45) is 7.05 Å². The first kappa shape index (κ1) is 25.3. The van der Waals surface area contributed by atoms with Crippen LogP contribution in [0.15, 0.2) is 52.3 Å². The average molecular weight is 522 g/mol. The summed E-state index contributed by atoms with van der Waals surface area (Å²) in [6.45, 7) is 0.463. The third-order valence-electron chi connectivity index (χ3n) is 5.15. The van der Waals surface area contributed by atoms with Crippen LogP contribution < -0.4 is 20.7 Å². The first-order valence-corrected chi connectivity index (χ1v) is 11.2. The number of benzene rings is 1. The molecular weight excluding hydrogens is 500 g/mol. The van der Waals surface area contributed by atoms with Gasteiger partial charge in [0.2, 0.25) is 0 Å². The third-order valence-corrected chi connectivity index (χ3v) is 5.36. The molecule has 1 N–H and O–H groups in total. The molecule has 0 amide bonds. The minimum atomic E-state index is -3.40. The van der Waals surface area contributed by atoms with Gasteiger partial charge in [0.15, 0.2) is 11.2 Å². The molecule has 190 valence electrons. The Morgan fingerprint density at radius 2 is 1.89 bits per heavy atom. The van der Waals surface area contributed by atoms with Crippen LogP contribution >= 0.6 is 11.6 Å². The van der Waals surface area contributed by atoms with Gasteiger partial charge in [-0.3, -0.25) is 23.5 Å². The Kier molecular flexibility index (Phi) is 7.09. The number of pyridine rings is 1.